The van der Waals surface area contributed by atoms with Gasteiger partial charge in [-0.25, -0.2) is 22.5 Å². The molecular formula is C11H14F7N. The highest BCUT2D eigenvalue weighted by atomic mass is 19.4. The zero-order valence-electron chi connectivity index (χ0n) is 10.2. The normalized spacial score (nSPS) is 30.1. The molecule has 0 aromatic rings. The number of alkyl halides is 7. The van der Waals surface area contributed by atoms with Crippen molar-refractivity contribution < 1.29 is 30.7 Å². The molecule has 0 aromatic heterocycles. The molecule has 4 unspecified atom stereocenters. The van der Waals surface area contributed by atoms with Gasteiger partial charge in [0.15, 0.2) is 18.6 Å². The Labute approximate surface area is 106 Å². The van der Waals surface area contributed by atoms with Gasteiger partial charge >= 0.3 is 6.18 Å². The molecule has 112 valence electrons. The molecule has 19 heavy (non-hydrogen) atoms. The average molecular weight is 293 g/mol. The summed E-state index contributed by atoms with van der Waals surface area (Å²) in [7, 11) is 0. The zero-order valence-corrected chi connectivity index (χ0v) is 10.2. The van der Waals surface area contributed by atoms with Crippen molar-refractivity contribution in [2.75, 3.05) is 6.54 Å². The summed E-state index contributed by atoms with van der Waals surface area (Å²) >= 11 is 0. The van der Waals surface area contributed by atoms with E-state index in [4.69, 9.17) is 0 Å². The van der Waals surface area contributed by atoms with E-state index in [1.54, 1.807) is 0 Å². The van der Waals surface area contributed by atoms with Gasteiger partial charge in [-0.2, -0.15) is 13.2 Å². The van der Waals surface area contributed by atoms with Crippen LogP contribution in [0.3, 0.4) is 0 Å². The Hall–Kier alpha value is -0.790. The van der Waals surface area contributed by atoms with E-state index < -0.39 is 43.6 Å². The molecule has 1 heterocycles. The first-order valence-electron chi connectivity index (χ1n) is 5.62. The molecule has 0 aliphatic carbocycles. The van der Waals surface area contributed by atoms with Gasteiger partial charge in [0.1, 0.15) is 0 Å². The summed E-state index contributed by atoms with van der Waals surface area (Å²) < 4.78 is 91.8. The van der Waals surface area contributed by atoms with Crippen LogP contribution in [0.25, 0.3) is 0 Å². The molecule has 1 nitrogen and oxygen atoms in total. The summed E-state index contributed by atoms with van der Waals surface area (Å²) in [4.78, 5) is -0.298. The number of likely N-dealkylation sites (tertiary alicyclic amines) is 1. The monoisotopic (exact) mass is 293 g/mol. The van der Waals surface area contributed by atoms with Crippen LogP contribution in [0.15, 0.2) is 12.2 Å². The Balaban J connectivity index is 2.93. The first-order chi connectivity index (χ1) is 8.52. The fourth-order valence-electron chi connectivity index (χ4n) is 2.01. The Morgan fingerprint density at radius 3 is 2.21 bits per heavy atom. The van der Waals surface area contributed by atoms with Crippen molar-refractivity contribution in [3.05, 3.63) is 12.2 Å². The molecule has 1 rings (SSSR count). The Bertz CT molecular complexity index is 342. The summed E-state index contributed by atoms with van der Waals surface area (Å²) in [6, 6.07) is 0. The average Bonchev–Trinajstić information content (AvgIpc) is 2.69. The van der Waals surface area contributed by atoms with Crippen molar-refractivity contribution in [3.8, 4) is 0 Å². The van der Waals surface area contributed by atoms with Crippen molar-refractivity contribution >= 4 is 0 Å². The van der Waals surface area contributed by atoms with E-state index in [1.807, 2.05) is 0 Å². The van der Waals surface area contributed by atoms with E-state index in [-0.39, 0.29) is 16.9 Å². The summed E-state index contributed by atoms with van der Waals surface area (Å²) in [6.07, 6.45) is -15.0. The second kappa shape index (κ2) is 5.30. The van der Waals surface area contributed by atoms with Crippen LogP contribution in [0.5, 0.6) is 0 Å². The van der Waals surface area contributed by atoms with Gasteiger partial charge in [-0.1, -0.05) is 6.58 Å². The van der Waals surface area contributed by atoms with Crippen molar-refractivity contribution in [1.82, 2.24) is 4.90 Å². The van der Waals surface area contributed by atoms with Gasteiger partial charge in [-0.05, 0) is 18.9 Å². The van der Waals surface area contributed by atoms with E-state index in [2.05, 4.69) is 6.58 Å². The third-order valence-corrected chi connectivity index (χ3v) is 3.11. The van der Waals surface area contributed by atoms with Crippen LogP contribution in [-0.4, -0.2) is 42.1 Å². The number of allylic oxidation sites excluding steroid dienone is 1. The number of hydrogen-bond donors (Lipinski definition) is 0. The molecule has 0 N–H and O–H groups in total. The SMILES string of the molecule is C=C(C)C(F)C(F)C(F)N1CCCC1(F)C(F)(F)F. The van der Waals surface area contributed by atoms with Gasteiger partial charge in [0.2, 0.25) is 0 Å². The van der Waals surface area contributed by atoms with Gasteiger partial charge in [-0.15, -0.1) is 0 Å². The van der Waals surface area contributed by atoms with E-state index in [9.17, 15) is 30.7 Å². The first-order valence-corrected chi connectivity index (χ1v) is 5.62. The van der Waals surface area contributed by atoms with Crippen LogP contribution in [0, 0.1) is 0 Å². The molecule has 0 radical (unpaired) electrons. The zero-order chi connectivity index (χ0) is 15.0. The summed E-state index contributed by atoms with van der Waals surface area (Å²) in [5.74, 6) is -3.95. The third-order valence-electron chi connectivity index (χ3n) is 3.11. The lowest BCUT2D eigenvalue weighted by atomic mass is 10.1. The number of hydrogen-bond acceptors (Lipinski definition) is 1. The van der Waals surface area contributed by atoms with E-state index in [1.165, 1.54) is 0 Å². The lowest BCUT2D eigenvalue weighted by molar-refractivity contribution is -0.291. The van der Waals surface area contributed by atoms with Crippen LogP contribution < -0.4 is 0 Å². The summed E-state index contributed by atoms with van der Waals surface area (Å²) in [5, 5.41) is 0. The van der Waals surface area contributed by atoms with Crippen LogP contribution in [0.4, 0.5) is 30.7 Å². The van der Waals surface area contributed by atoms with Crippen LogP contribution in [0.1, 0.15) is 19.8 Å². The van der Waals surface area contributed by atoms with Gasteiger partial charge in [0.05, 0.1) is 0 Å². The standard InChI is InChI=1S/C11H14F7N/c1-6(2)7(12)8(13)9(14)19-5-3-4-10(19,15)11(16,17)18/h7-9H,1,3-5H2,2H3. The van der Waals surface area contributed by atoms with Gasteiger partial charge in [-0.3, -0.25) is 0 Å². The van der Waals surface area contributed by atoms with Crippen molar-refractivity contribution in [2.24, 2.45) is 0 Å². The quantitative estimate of drug-likeness (QED) is 0.432. The van der Waals surface area contributed by atoms with E-state index in [0.717, 1.165) is 6.92 Å². The summed E-state index contributed by atoms with van der Waals surface area (Å²) in [6.45, 7) is 3.50. The minimum absolute atomic E-state index is 0.285. The minimum atomic E-state index is -5.36. The number of nitrogens with zero attached hydrogens (tertiary/aromatic N) is 1. The largest absolute Gasteiger partial charge is 0.436 e. The highest BCUT2D eigenvalue weighted by molar-refractivity contribution is 5.04. The minimum Gasteiger partial charge on any atom is -0.239 e. The fraction of sp³-hybridized carbons (Fsp3) is 0.818. The van der Waals surface area contributed by atoms with Crippen molar-refractivity contribution in [2.45, 2.75) is 50.4 Å². The molecule has 1 aliphatic heterocycles. The van der Waals surface area contributed by atoms with E-state index in [0.29, 0.717) is 0 Å². The molecule has 0 bridgehead atoms. The van der Waals surface area contributed by atoms with Crippen LogP contribution >= 0.6 is 0 Å². The Kier molecular flexibility index (Phi) is 4.54. The molecular weight excluding hydrogens is 279 g/mol. The maximum absolute atomic E-state index is 13.8. The number of rotatable bonds is 4. The molecule has 8 heteroatoms. The maximum Gasteiger partial charge on any atom is 0.436 e. The maximum atomic E-state index is 13.8. The second-order valence-corrected chi connectivity index (χ2v) is 4.62. The van der Waals surface area contributed by atoms with Crippen molar-refractivity contribution in [1.29, 1.82) is 0 Å². The highest BCUT2D eigenvalue weighted by Crippen LogP contribution is 2.46. The second-order valence-electron chi connectivity index (χ2n) is 4.62. The fourth-order valence-corrected chi connectivity index (χ4v) is 2.01. The molecule has 1 fully saturated rings. The number of halogens is 7. The molecule has 0 amide bonds. The van der Waals surface area contributed by atoms with Gasteiger partial charge in [0, 0.05) is 13.0 Å². The molecule has 0 spiro atoms. The lowest BCUT2D eigenvalue weighted by Crippen LogP contribution is -2.57. The highest BCUT2D eigenvalue weighted by Gasteiger charge is 2.64. The van der Waals surface area contributed by atoms with Gasteiger partial charge in [0.25, 0.3) is 5.79 Å². The van der Waals surface area contributed by atoms with E-state index >= 15 is 0 Å². The molecule has 1 aliphatic rings. The topological polar surface area (TPSA) is 3.24 Å². The van der Waals surface area contributed by atoms with Crippen LogP contribution in [-0.2, 0) is 0 Å². The van der Waals surface area contributed by atoms with Gasteiger partial charge < -0.3 is 0 Å². The molecule has 4 atom stereocenters. The van der Waals surface area contributed by atoms with Crippen LogP contribution in [0.2, 0.25) is 0 Å². The lowest BCUT2D eigenvalue weighted by Gasteiger charge is -2.36. The Morgan fingerprint density at radius 1 is 1.26 bits per heavy atom. The molecule has 1 saturated heterocycles. The Morgan fingerprint density at radius 2 is 1.79 bits per heavy atom. The predicted octanol–water partition coefficient (Wildman–Crippen LogP) is 3.86. The summed E-state index contributed by atoms with van der Waals surface area (Å²) in [5.41, 5.74) is -0.370. The molecule has 0 aromatic carbocycles. The molecule has 0 saturated carbocycles. The third kappa shape index (κ3) is 2.88. The predicted molar refractivity (Wildman–Crippen MR) is 55.3 cm³/mol. The smallest absolute Gasteiger partial charge is 0.239 e. The first kappa shape index (κ1) is 16.3. The van der Waals surface area contributed by atoms with Crippen molar-refractivity contribution in [3.63, 3.8) is 0 Å².